The second-order valence-electron chi connectivity index (χ2n) is 5.03. The van der Waals surface area contributed by atoms with Gasteiger partial charge < -0.3 is 14.8 Å². The van der Waals surface area contributed by atoms with E-state index in [4.69, 9.17) is 4.74 Å². The summed E-state index contributed by atoms with van der Waals surface area (Å²) in [5.74, 6) is -1.05. The zero-order valence-corrected chi connectivity index (χ0v) is 14.1. The Morgan fingerprint density at radius 1 is 1.09 bits per heavy atom. The Hall–Kier alpha value is -2.15. The molecule has 23 heavy (non-hydrogen) atoms. The third-order valence-electron chi connectivity index (χ3n) is 2.75. The van der Waals surface area contributed by atoms with E-state index in [1.54, 1.807) is 24.3 Å². The Kier molecular flexibility index (Phi) is 7.47. The lowest BCUT2D eigenvalue weighted by molar-refractivity contribution is -0.140. The number of ether oxygens (including phenoxy) is 1. The molecular formula is C16H19NO5S. The van der Waals surface area contributed by atoms with Gasteiger partial charge in [0, 0.05) is 31.7 Å². The van der Waals surface area contributed by atoms with Crippen molar-refractivity contribution < 1.29 is 23.9 Å². The average molecular weight is 337 g/mol. The van der Waals surface area contributed by atoms with Crippen molar-refractivity contribution in [1.29, 1.82) is 0 Å². The molecule has 1 aromatic carbocycles. The van der Waals surface area contributed by atoms with Crippen molar-refractivity contribution in [1.82, 2.24) is 0 Å². The fraction of sp³-hybridized carbons (Fsp3) is 0.375. The molecule has 0 aliphatic rings. The van der Waals surface area contributed by atoms with Gasteiger partial charge in [-0.15, -0.1) is 0 Å². The van der Waals surface area contributed by atoms with E-state index in [1.807, 2.05) is 0 Å². The van der Waals surface area contributed by atoms with Crippen molar-refractivity contribution >= 4 is 40.2 Å². The molecule has 0 fully saturated rings. The van der Waals surface area contributed by atoms with Crippen molar-refractivity contribution in [2.24, 2.45) is 5.92 Å². The van der Waals surface area contributed by atoms with Crippen LogP contribution in [-0.4, -0.2) is 28.5 Å². The molecule has 0 unspecified atom stereocenters. The summed E-state index contributed by atoms with van der Waals surface area (Å²) in [4.78, 5) is 45.4. The first-order valence-electron chi connectivity index (χ1n) is 7.00. The van der Waals surface area contributed by atoms with Crippen LogP contribution in [0.25, 0.3) is 0 Å². The van der Waals surface area contributed by atoms with E-state index in [0.717, 1.165) is 11.8 Å². The molecule has 0 radical (unpaired) electrons. The van der Waals surface area contributed by atoms with Gasteiger partial charge in [-0.05, 0) is 31.2 Å². The third kappa shape index (κ3) is 7.60. The summed E-state index contributed by atoms with van der Waals surface area (Å²) in [5.41, 5.74) is 0.588. The Labute approximate surface area is 139 Å². The van der Waals surface area contributed by atoms with Crippen LogP contribution in [0.1, 0.15) is 27.2 Å². The standard InChI is InChI=1S/C16H19NO5S/c1-10(18)8-13(9-23-12(3)20)16(21)22-15-6-4-14(5-7-15)17-11(2)19/h4-7,13H,8-9H2,1-3H3,(H,17,19)/t13-/m1/s1. The van der Waals surface area contributed by atoms with Crippen LogP contribution < -0.4 is 10.1 Å². The Bertz CT molecular complexity index is 597. The van der Waals surface area contributed by atoms with Crippen LogP contribution in [0.15, 0.2) is 24.3 Å². The molecule has 124 valence electrons. The van der Waals surface area contributed by atoms with Crippen LogP contribution in [0.5, 0.6) is 5.75 Å². The van der Waals surface area contributed by atoms with Crippen LogP contribution in [0, 0.1) is 5.92 Å². The molecule has 7 heteroatoms. The van der Waals surface area contributed by atoms with E-state index in [-0.39, 0.29) is 29.0 Å². The van der Waals surface area contributed by atoms with Crippen LogP contribution in [0.4, 0.5) is 5.69 Å². The SMILES string of the molecule is CC(=O)C[C@H](CSC(C)=O)C(=O)Oc1ccc(NC(C)=O)cc1. The number of thioether (sulfide) groups is 1. The number of amides is 1. The van der Waals surface area contributed by atoms with Crippen molar-refractivity contribution in [3.05, 3.63) is 24.3 Å². The molecule has 1 rings (SSSR count). The van der Waals surface area contributed by atoms with Crippen LogP contribution >= 0.6 is 11.8 Å². The normalized spacial score (nSPS) is 11.4. The summed E-state index contributed by atoms with van der Waals surface area (Å²) < 4.78 is 5.24. The highest BCUT2D eigenvalue weighted by Gasteiger charge is 2.23. The lowest BCUT2D eigenvalue weighted by Gasteiger charge is -2.13. The predicted octanol–water partition coefficient (Wildman–Crippen LogP) is 2.43. The topological polar surface area (TPSA) is 89.5 Å². The number of hydrogen-bond donors (Lipinski definition) is 1. The van der Waals surface area contributed by atoms with Crippen molar-refractivity contribution in [3.63, 3.8) is 0 Å². The summed E-state index contributed by atoms with van der Waals surface area (Å²) in [6.07, 6.45) is 0.0308. The summed E-state index contributed by atoms with van der Waals surface area (Å²) in [5, 5.41) is 2.48. The van der Waals surface area contributed by atoms with Gasteiger partial charge >= 0.3 is 5.97 Å². The van der Waals surface area contributed by atoms with Crippen molar-refractivity contribution in [2.45, 2.75) is 27.2 Å². The molecule has 0 saturated carbocycles. The molecule has 6 nitrogen and oxygen atoms in total. The van der Waals surface area contributed by atoms with E-state index in [0.29, 0.717) is 11.4 Å². The number of hydrogen-bond acceptors (Lipinski definition) is 6. The van der Waals surface area contributed by atoms with Gasteiger partial charge in [0.2, 0.25) is 5.91 Å². The van der Waals surface area contributed by atoms with Crippen molar-refractivity contribution in [2.75, 3.05) is 11.1 Å². The molecule has 1 atom stereocenters. The molecule has 1 amide bonds. The first kappa shape index (κ1) is 18.9. The summed E-state index contributed by atoms with van der Waals surface area (Å²) >= 11 is 0.990. The summed E-state index contributed by atoms with van der Waals surface area (Å²) in [7, 11) is 0. The number of benzene rings is 1. The van der Waals surface area contributed by atoms with E-state index in [9.17, 15) is 19.2 Å². The Balaban J connectivity index is 2.70. The number of esters is 1. The number of carbonyl (C=O) groups excluding carboxylic acids is 4. The largest absolute Gasteiger partial charge is 0.426 e. The quantitative estimate of drug-likeness (QED) is 0.607. The number of rotatable bonds is 7. The smallest absolute Gasteiger partial charge is 0.315 e. The molecule has 0 spiro atoms. The summed E-state index contributed by atoms with van der Waals surface area (Å²) in [6.45, 7) is 4.19. The maximum Gasteiger partial charge on any atom is 0.315 e. The van der Waals surface area contributed by atoms with E-state index >= 15 is 0 Å². The highest BCUT2D eigenvalue weighted by Crippen LogP contribution is 2.20. The number of carbonyl (C=O) groups is 4. The molecular weight excluding hydrogens is 318 g/mol. The average Bonchev–Trinajstić information content (AvgIpc) is 2.44. The lowest BCUT2D eigenvalue weighted by atomic mass is 10.1. The minimum atomic E-state index is -0.670. The first-order valence-corrected chi connectivity index (χ1v) is 7.98. The van der Waals surface area contributed by atoms with E-state index < -0.39 is 11.9 Å². The van der Waals surface area contributed by atoms with Crippen LogP contribution in [-0.2, 0) is 19.2 Å². The minimum Gasteiger partial charge on any atom is -0.426 e. The monoisotopic (exact) mass is 337 g/mol. The summed E-state index contributed by atoms with van der Waals surface area (Å²) in [6, 6.07) is 6.31. The zero-order chi connectivity index (χ0) is 17.4. The third-order valence-corrected chi connectivity index (χ3v) is 3.72. The van der Waals surface area contributed by atoms with Crippen LogP contribution in [0.2, 0.25) is 0 Å². The highest BCUT2D eigenvalue weighted by atomic mass is 32.2. The van der Waals surface area contributed by atoms with Gasteiger partial charge in [-0.1, -0.05) is 11.8 Å². The Morgan fingerprint density at radius 3 is 2.17 bits per heavy atom. The Morgan fingerprint density at radius 2 is 1.70 bits per heavy atom. The molecule has 1 aromatic rings. The van der Waals surface area contributed by atoms with Gasteiger partial charge in [-0.3, -0.25) is 14.4 Å². The fourth-order valence-electron chi connectivity index (χ4n) is 1.78. The maximum atomic E-state index is 12.2. The van der Waals surface area contributed by atoms with Gasteiger partial charge in [-0.25, -0.2) is 0 Å². The highest BCUT2D eigenvalue weighted by molar-refractivity contribution is 8.13. The van der Waals surface area contributed by atoms with Gasteiger partial charge in [0.25, 0.3) is 0 Å². The van der Waals surface area contributed by atoms with Gasteiger partial charge in [0.1, 0.15) is 11.5 Å². The van der Waals surface area contributed by atoms with Gasteiger partial charge in [-0.2, -0.15) is 0 Å². The molecule has 0 aromatic heterocycles. The fourth-order valence-corrected chi connectivity index (χ4v) is 2.47. The van der Waals surface area contributed by atoms with Gasteiger partial charge in [0.15, 0.2) is 5.12 Å². The molecule has 0 heterocycles. The van der Waals surface area contributed by atoms with E-state index in [1.165, 1.54) is 20.8 Å². The molecule has 0 bridgehead atoms. The lowest BCUT2D eigenvalue weighted by Crippen LogP contribution is -2.25. The zero-order valence-electron chi connectivity index (χ0n) is 13.3. The number of ketones is 1. The van der Waals surface area contributed by atoms with Crippen molar-refractivity contribution in [3.8, 4) is 5.75 Å². The molecule has 0 aliphatic heterocycles. The van der Waals surface area contributed by atoms with Crippen LogP contribution in [0.3, 0.4) is 0 Å². The maximum absolute atomic E-state index is 12.2. The predicted molar refractivity (Wildman–Crippen MR) is 88.3 cm³/mol. The number of anilines is 1. The van der Waals surface area contributed by atoms with E-state index in [2.05, 4.69) is 5.32 Å². The number of Topliss-reactive ketones (excluding diaryl/α,β-unsaturated/α-hetero) is 1. The molecule has 0 saturated heterocycles. The minimum absolute atomic E-state index is 0.0308. The first-order chi connectivity index (χ1) is 10.8. The molecule has 1 N–H and O–H groups in total. The number of nitrogens with one attached hydrogen (secondary N) is 1. The van der Waals surface area contributed by atoms with Gasteiger partial charge in [0.05, 0.1) is 5.92 Å². The second-order valence-corrected chi connectivity index (χ2v) is 6.23. The molecule has 0 aliphatic carbocycles. The second kappa shape index (κ2) is 9.09.